The van der Waals surface area contributed by atoms with E-state index in [2.05, 4.69) is 21.2 Å². The van der Waals surface area contributed by atoms with Gasteiger partial charge >= 0.3 is 0 Å². The number of primary sulfonamides is 1. The Hall–Kier alpha value is -1.99. The highest BCUT2D eigenvalue weighted by atomic mass is 79.9. The zero-order valence-corrected chi connectivity index (χ0v) is 14.7. The van der Waals surface area contributed by atoms with Gasteiger partial charge in [-0.1, -0.05) is 0 Å². The lowest BCUT2D eigenvalue weighted by Crippen LogP contribution is -2.14. The molecular formula is C14H10BrN3O3S2. The molecule has 0 aliphatic rings. The summed E-state index contributed by atoms with van der Waals surface area (Å²) < 4.78 is 23.2. The van der Waals surface area contributed by atoms with Crippen LogP contribution in [0.1, 0.15) is 4.88 Å². The molecule has 3 N–H and O–H groups in total. The Morgan fingerprint density at radius 2 is 2.00 bits per heavy atom. The van der Waals surface area contributed by atoms with E-state index >= 15 is 0 Å². The first kappa shape index (κ1) is 17.4. The molecule has 9 heteroatoms. The lowest BCUT2D eigenvalue weighted by molar-refractivity contribution is -0.112. The third kappa shape index (κ3) is 4.74. The first-order chi connectivity index (χ1) is 10.8. The van der Waals surface area contributed by atoms with E-state index in [9.17, 15) is 13.2 Å². The second-order valence-electron chi connectivity index (χ2n) is 4.36. The smallest absolute Gasteiger partial charge is 0.266 e. The van der Waals surface area contributed by atoms with Crippen LogP contribution >= 0.6 is 27.3 Å². The van der Waals surface area contributed by atoms with E-state index in [1.807, 2.05) is 11.4 Å². The lowest BCUT2D eigenvalue weighted by Gasteiger charge is -2.05. The number of benzene rings is 1. The fourth-order valence-electron chi connectivity index (χ4n) is 1.62. The minimum Gasteiger partial charge on any atom is -0.321 e. The average Bonchev–Trinajstić information content (AvgIpc) is 2.89. The van der Waals surface area contributed by atoms with Gasteiger partial charge in [0.25, 0.3) is 5.91 Å². The Labute approximate surface area is 145 Å². The highest BCUT2D eigenvalue weighted by molar-refractivity contribution is 9.10. The van der Waals surface area contributed by atoms with Crippen molar-refractivity contribution in [1.82, 2.24) is 0 Å². The summed E-state index contributed by atoms with van der Waals surface area (Å²) in [6, 6.07) is 8.97. The number of nitriles is 1. The number of sulfonamides is 1. The highest BCUT2D eigenvalue weighted by Crippen LogP contribution is 2.22. The monoisotopic (exact) mass is 411 g/mol. The number of nitrogens with one attached hydrogen (secondary N) is 1. The fraction of sp³-hybridized carbons (Fsp3) is 0. The molecule has 0 aliphatic heterocycles. The molecule has 1 aromatic carbocycles. The number of carbonyl (C=O) groups is 1. The minimum atomic E-state index is -3.79. The second-order valence-corrected chi connectivity index (χ2v) is 7.78. The number of amides is 1. The maximum absolute atomic E-state index is 12.1. The molecule has 6 nitrogen and oxygen atoms in total. The van der Waals surface area contributed by atoms with Crippen LogP contribution in [0.2, 0.25) is 0 Å². The van der Waals surface area contributed by atoms with Crippen LogP contribution in [0.3, 0.4) is 0 Å². The summed E-state index contributed by atoms with van der Waals surface area (Å²) >= 11 is 4.68. The molecule has 0 unspecified atom stereocenters. The Bertz CT molecular complexity index is 909. The van der Waals surface area contributed by atoms with Crippen LogP contribution in [-0.4, -0.2) is 14.3 Å². The molecule has 1 aromatic heterocycles. The lowest BCUT2D eigenvalue weighted by atomic mass is 10.2. The van der Waals surface area contributed by atoms with E-state index in [0.717, 1.165) is 9.35 Å². The van der Waals surface area contributed by atoms with Crippen molar-refractivity contribution < 1.29 is 13.2 Å². The topological polar surface area (TPSA) is 113 Å². The molecule has 118 valence electrons. The number of thiophene rings is 1. The van der Waals surface area contributed by atoms with E-state index in [0.29, 0.717) is 5.69 Å². The molecule has 2 rings (SSSR count). The molecule has 0 bridgehead atoms. The molecule has 0 saturated heterocycles. The van der Waals surface area contributed by atoms with Crippen LogP contribution in [0.25, 0.3) is 6.08 Å². The molecule has 23 heavy (non-hydrogen) atoms. The zero-order valence-electron chi connectivity index (χ0n) is 11.5. The summed E-state index contributed by atoms with van der Waals surface area (Å²) in [6.45, 7) is 0. The van der Waals surface area contributed by atoms with Crippen molar-refractivity contribution >= 4 is 55.0 Å². The molecule has 0 aliphatic carbocycles. The largest absolute Gasteiger partial charge is 0.321 e. The van der Waals surface area contributed by atoms with E-state index < -0.39 is 15.9 Å². The molecule has 0 fully saturated rings. The number of rotatable bonds is 4. The molecule has 1 amide bonds. The number of anilines is 1. The van der Waals surface area contributed by atoms with Gasteiger partial charge in [0, 0.05) is 20.4 Å². The summed E-state index contributed by atoms with van der Waals surface area (Å²) in [5, 5.41) is 18.5. The number of hydrogen-bond acceptors (Lipinski definition) is 5. The quantitative estimate of drug-likeness (QED) is 0.594. The molecule has 2 aromatic rings. The van der Waals surface area contributed by atoms with Gasteiger partial charge in [-0.05, 0) is 52.3 Å². The Kier molecular flexibility index (Phi) is 5.33. The molecule has 0 spiro atoms. The highest BCUT2D eigenvalue weighted by Gasteiger charge is 2.12. The average molecular weight is 412 g/mol. The van der Waals surface area contributed by atoms with Crippen molar-refractivity contribution in [2.45, 2.75) is 4.90 Å². The Balaban J connectivity index is 2.17. The van der Waals surface area contributed by atoms with Crippen molar-refractivity contribution in [2.75, 3.05) is 5.32 Å². The number of carbonyl (C=O) groups excluding carboxylic acids is 1. The zero-order chi connectivity index (χ0) is 17.0. The van der Waals surface area contributed by atoms with Gasteiger partial charge in [0.1, 0.15) is 11.6 Å². The van der Waals surface area contributed by atoms with E-state index in [1.165, 1.54) is 41.7 Å². The Morgan fingerprint density at radius 3 is 2.48 bits per heavy atom. The third-order valence-electron chi connectivity index (χ3n) is 2.68. The standard InChI is InChI=1S/C14H10BrN3O3S2/c15-10-6-12(22-8-10)5-9(7-16)14(19)18-11-1-3-13(4-2-11)23(17,20)21/h1-6,8H,(H,18,19)(H2,17,20,21)/b9-5+. The van der Waals surface area contributed by atoms with Crippen LogP contribution < -0.4 is 10.5 Å². The van der Waals surface area contributed by atoms with Crippen molar-refractivity contribution in [1.29, 1.82) is 5.26 Å². The maximum atomic E-state index is 12.1. The summed E-state index contributed by atoms with van der Waals surface area (Å²) in [7, 11) is -3.79. The third-order valence-corrected chi connectivity index (χ3v) is 5.25. The van der Waals surface area contributed by atoms with Crippen LogP contribution in [-0.2, 0) is 14.8 Å². The van der Waals surface area contributed by atoms with Gasteiger partial charge in [-0.15, -0.1) is 11.3 Å². The SMILES string of the molecule is N#C/C(=C\c1cc(Br)cs1)C(=O)Nc1ccc(S(N)(=O)=O)cc1. The molecule has 1 heterocycles. The van der Waals surface area contributed by atoms with Gasteiger partial charge in [-0.3, -0.25) is 4.79 Å². The molecule has 0 saturated carbocycles. The van der Waals surface area contributed by atoms with Gasteiger partial charge in [-0.25, -0.2) is 13.6 Å². The maximum Gasteiger partial charge on any atom is 0.266 e. The van der Waals surface area contributed by atoms with Gasteiger partial charge < -0.3 is 5.32 Å². The van der Waals surface area contributed by atoms with Crippen molar-refractivity contribution in [3.8, 4) is 6.07 Å². The number of halogens is 1. The van der Waals surface area contributed by atoms with Gasteiger partial charge in [0.2, 0.25) is 10.0 Å². The number of hydrogen-bond donors (Lipinski definition) is 2. The Morgan fingerprint density at radius 1 is 1.35 bits per heavy atom. The fourth-order valence-corrected chi connectivity index (χ4v) is 3.51. The number of nitrogens with two attached hydrogens (primary N) is 1. The van der Waals surface area contributed by atoms with Crippen LogP contribution in [0, 0.1) is 11.3 Å². The first-order valence-corrected chi connectivity index (χ1v) is 9.31. The summed E-state index contributed by atoms with van der Waals surface area (Å²) in [6.07, 6.45) is 1.48. The summed E-state index contributed by atoms with van der Waals surface area (Å²) in [4.78, 5) is 12.8. The molecular weight excluding hydrogens is 402 g/mol. The van der Waals surface area contributed by atoms with Crippen LogP contribution in [0.5, 0.6) is 0 Å². The normalized spacial score (nSPS) is 11.8. The van der Waals surface area contributed by atoms with E-state index in [4.69, 9.17) is 10.4 Å². The van der Waals surface area contributed by atoms with Gasteiger partial charge in [-0.2, -0.15) is 5.26 Å². The van der Waals surface area contributed by atoms with Crippen LogP contribution in [0.4, 0.5) is 5.69 Å². The summed E-state index contributed by atoms with van der Waals surface area (Å²) in [5.41, 5.74) is 0.297. The predicted molar refractivity (Wildman–Crippen MR) is 92.1 cm³/mol. The van der Waals surface area contributed by atoms with E-state index in [-0.39, 0.29) is 10.5 Å². The van der Waals surface area contributed by atoms with Gasteiger partial charge in [0.05, 0.1) is 4.90 Å². The predicted octanol–water partition coefficient (Wildman–Crippen LogP) is 2.70. The second kappa shape index (κ2) is 7.06. The minimum absolute atomic E-state index is 0.0602. The molecule has 0 radical (unpaired) electrons. The summed E-state index contributed by atoms with van der Waals surface area (Å²) in [5.74, 6) is -0.583. The van der Waals surface area contributed by atoms with Crippen molar-refractivity contribution in [3.63, 3.8) is 0 Å². The molecule has 0 atom stereocenters. The van der Waals surface area contributed by atoms with E-state index in [1.54, 1.807) is 6.07 Å². The van der Waals surface area contributed by atoms with Crippen molar-refractivity contribution in [2.24, 2.45) is 5.14 Å². The first-order valence-electron chi connectivity index (χ1n) is 6.09. The van der Waals surface area contributed by atoms with Crippen molar-refractivity contribution in [3.05, 3.63) is 50.6 Å². The van der Waals surface area contributed by atoms with Crippen LogP contribution in [0.15, 0.2) is 50.7 Å². The number of nitrogens with zero attached hydrogens (tertiary/aromatic N) is 1. The van der Waals surface area contributed by atoms with Gasteiger partial charge in [0.15, 0.2) is 0 Å².